The minimum atomic E-state index is -0.834. The Kier molecular flexibility index (Phi) is 5.09. The lowest BCUT2D eigenvalue weighted by Gasteiger charge is -2.18. The van der Waals surface area contributed by atoms with Crippen molar-refractivity contribution in [3.8, 4) is 5.75 Å². The van der Waals surface area contributed by atoms with E-state index in [2.05, 4.69) is 5.32 Å². The molecule has 3 aromatic carbocycles. The number of amides is 1. The van der Waals surface area contributed by atoms with Crippen LogP contribution < -0.4 is 5.32 Å². The fraction of sp³-hybridized carbons (Fsp3) is 0.0833. The summed E-state index contributed by atoms with van der Waals surface area (Å²) in [5, 5.41) is 12.5. The summed E-state index contributed by atoms with van der Waals surface area (Å²) in [6.07, 6.45) is 0. The van der Waals surface area contributed by atoms with Crippen molar-refractivity contribution in [2.45, 2.75) is 6.92 Å². The van der Waals surface area contributed by atoms with Gasteiger partial charge in [-0.15, -0.1) is 0 Å². The lowest BCUT2D eigenvalue weighted by Crippen LogP contribution is -2.23. The Morgan fingerprint density at radius 1 is 0.871 bits per heavy atom. The molecule has 7 heteroatoms. The molecule has 1 aliphatic rings. The van der Waals surface area contributed by atoms with E-state index in [0.29, 0.717) is 22.4 Å². The maximum Gasteiger partial charge on any atom is 0.342 e. The number of esters is 1. The lowest BCUT2D eigenvalue weighted by atomic mass is 9.84. The number of ether oxygens (including phenoxy) is 1. The number of benzene rings is 3. The highest BCUT2D eigenvalue weighted by atomic mass is 16.5. The summed E-state index contributed by atoms with van der Waals surface area (Å²) in [6, 6.07) is 15.6. The molecule has 0 heterocycles. The first kappa shape index (κ1) is 20.0. The van der Waals surface area contributed by atoms with Crippen LogP contribution >= 0.6 is 0 Å². The molecule has 0 saturated heterocycles. The van der Waals surface area contributed by atoms with E-state index in [9.17, 15) is 24.3 Å². The van der Waals surface area contributed by atoms with Crippen molar-refractivity contribution in [1.29, 1.82) is 0 Å². The van der Waals surface area contributed by atoms with E-state index in [0.717, 1.165) is 0 Å². The Morgan fingerprint density at radius 3 is 2.23 bits per heavy atom. The highest BCUT2D eigenvalue weighted by Crippen LogP contribution is 2.29. The van der Waals surface area contributed by atoms with E-state index < -0.39 is 18.5 Å². The van der Waals surface area contributed by atoms with Crippen LogP contribution in [0.5, 0.6) is 5.75 Å². The van der Waals surface area contributed by atoms with Crippen LogP contribution in [0.1, 0.15) is 47.8 Å². The average molecular weight is 415 g/mol. The van der Waals surface area contributed by atoms with Crippen LogP contribution in [-0.4, -0.2) is 35.2 Å². The molecule has 154 valence electrons. The highest BCUT2D eigenvalue weighted by molar-refractivity contribution is 6.28. The largest absolute Gasteiger partial charge is 0.507 e. The fourth-order valence-electron chi connectivity index (χ4n) is 3.41. The number of para-hydroxylation sites is 1. The molecule has 0 atom stereocenters. The summed E-state index contributed by atoms with van der Waals surface area (Å²) in [7, 11) is 0. The second kappa shape index (κ2) is 7.87. The molecular weight excluding hydrogens is 398 g/mol. The van der Waals surface area contributed by atoms with Crippen LogP contribution in [0.2, 0.25) is 0 Å². The van der Waals surface area contributed by atoms with Crippen LogP contribution in [0, 0.1) is 6.92 Å². The van der Waals surface area contributed by atoms with Gasteiger partial charge >= 0.3 is 5.97 Å². The molecule has 0 radical (unpaired) electrons. The first-order valence-electron chi connectivity index (χ1n) is 9.45. The van der Waals surface area contributed by atoms with E-state index in [-0.39, 0.29) is 34.0 Å². The first-order chi connectivity index (χ1) is 14.9. The zero-order valence-corrected chi connectivity index (χ0v) is 16.5. The monoisotopic (exact) mass is 415 g/mol. The summed E-state index contributed by atoms with van der Waals surface area (Å²) in [5.74, 6) is -2.22. The third-order valence-electron chi connectivity index (χ3n) is 5.00. The number of anilines is 1. The zero-order chi connectivity index (χ0) is 22.1. The predicted octanol–water partition coefficient (Wildman–Crippen LogP) is 3.27. The Bertz CT molecular complexity index is 1260. The molecule has 0 unspecified atom stereocenters. The van der Waals surface area contributed by atoms with Crippen molar-refractivity contribution >= 4 is 29.1 Å². The van der Waals surface area contributed by atoms with E-state index >= 15 is 0 Å². The molecule has 0 aromatic heterocycles. The number of rotatable bonds is 4. The second-order valence-electron chi connectivity index (χ2n) is 7.06. The van der Waals surface area contributed by atoms with Gasteiger partial charge in [0.1, 0.15) is 11.3 Å². The zero-order valence-electron chi connectivity index (χ0n) is 16.5. The van der Waals surface area contributed by atoms with Gasteiger partial charge in [-0.25, -0.2) is 4.79 Å². The molecule has 0 saturated carbocycles. The van der Waals surface area contributed by atoms with Crippen molar-refractivity contribution in [2.24, 2.45) is 0 Å². The third kappa shape index (κ3) is 3.69. The summed E-state index contributed by atoms with van der Waals surface area (Å²) in [4.78, 5) is 49.7. The van der Waals surface area contributed by atoms with E-state index in [1.54, 1.807) is 43.3 Å². The van der Waals surface area contributed by atoms with Gasteiger partial charge in [0.2, 0.25) is 0 Å². The number of carbonyl (C=O) groups is 4. The van der Waals surface area contributed by atoms with Gasteiger partial charge in [-0.1, -0.05) is 36.4 Å². The number of ketones is 2. The van der Waals surface area contributed by atoms with Crippen molar-refractivity contribution in [2.75, 3.05) is 11.9 Å². The smallest absolute Gasteiger partial charge is 0.342 e. The molecule has 0 spiro atoms. The first-order valence-corrected chi connectivity index (χ1v) is 9.45. The molecular formula is C24H17NO6. The van der Waals surface area contributed by atoms with Crippen molar-refractivity contribution in [3.05, 3.63) is 94.0 Å². The van der Waals surface area contributed by atoms with Crippen molar-refractivity contribution in [1.82, 2.24) is 0 Å². The molecule has 2 N–H and O–H groups in total. The lowest BCUT2D eigenvalue weighted by molar-refractivity contribution is -0.119. The van der Waals surface area contributed by atoms with Gasteiger partial charge in [-0.3, -0.25) is 14.4 Å². The van der Waals surface area contributed by atoms with E-state index in [1.807, 2.05) is 0 Å². The van der Waals surface area contributed by atoms with Gasteiger partial charge in [0.05, 0.1) is 0 Å². The highest BCUT2D eigenvalue weighted by Gasteiger charge is 2.29. The summed E-state index contributed by atoms with van der Waals surface area (Å²) < 4.78 is 4.96. The predicted molar refractivity (Wildman–Crippen MR) is 112 cm³/mol. The molecule has 0 aliphatic heterocycles. The molecule has 4 rings (SSSR count). The van der Waals surface area contributed by atoms with Crippen LogP contribution in [0.15, 0.2) is 60.7 Å². The number of hydrogen-bond donors (Lipinski definition) is 2. The van der Waals surface area contributed by atoms with Crippen LogP contribution in [-0.2, 0) is 9.53 Å². The third-order valence-corrected chi connectivity index (χ3v) is 5.00. The second-order valence-corrected chi connectivity index (χ2v) is 7.06. The van der Waals surface area contributed by atoms with Gasteiger partial charge in [0.15, 0.2) is 18.2 Å². The molecule has 31 heavy (non-hydrogen) atoms. The van der Waals surface area contributed by atoms with Crippen molar-refractivity contribution in [3.63, 3.8) is 0 Å². The number of phenolic OH excluding ortho intramolecular Hbond substituents is 1. The molecule has 0 bridgehead atoms. The number of nitrogens with one attached hydrogen (secondary N) is 1. The number of carbonyl (C=O) groups excluding carboxylic acids is 4. The topological polar surface area (TPSA) is 110 Å². The molecule has 1 aliphatic carbocycles. The molecule has 1 amide bonds. The maximum atomic E-state index is 12.8. The minimum absolute atomic E-state index is 0.0376. The van der Waals surface area contributed by atoms with Gasteiger partial charge in [0.25, 0.3) is 5.91 Å². The van der Waals surface area contributed by atoms with Crippen molar-refractivity contribution < 1.29 is 29.0 Å². The maximum absolute atomic E-state index is 12.8. The van der Waals surface area contributed by atoms with E-state index in [1.165, 1.54) is 24.3 Å². The number of hydrogen-bond acceptors (Lipinski definition) is 6. The fourth-order valence-corrected chi connectivity index (χ4v) is 3.41. The Hall–Kier alpha value is -4.26. The molecule has 7 nitrogen and oxygen atoms in total. The number of fused-ring (bicyclic) bond motifs is 2. The molecule has 3 aromatic rings. The average Bonchev–Trinajstić information content (AvgIpc) is 2.77. The Morgan fingerprint density at radius 2 is 1.52 bits per heavy atom. The minimum Gasteiger partial charge on any atom is -0.507 e. The van der Waals surface area contributed by atoms with Gasteiger partial charge in [0, 0.05) is 27.9 Å². The Labute approximate surface area is 177 Å². The van der Waals surface area contributed by atoms with Crippen LogP contribution in [0.4, 0.5) is 5.69 Å². The van der Waals surface area contributed by atoms with Gasteiger partial charge in [-0.2, -0.15) is 0 Å². The normalized spacial score (nSPS) is 12.0. The van der Waals surface area contributed by atoms with Gasteiger partial charge in [-0.05, 0) is 36.8 Å². The summed E-state index contributed by atoms with van der Waals surface area (Å²) in [5.41, 5.74) is 1.89. The van der Waals surface area contributed by atoms with Gasteiger partial charge < -0.3 is 15.2 Å². The van der Waals surface area contributed by atoms with Crippen LogP contribution in [0.3, 0.4) is 0 Å². The number of phenols is 1. The summed E-state index contributed by atoms with van der Waals surface area (Å²) in [6.45, 7) is 1.05. The number of aryl methyl sites for hydroxylation is 1. The summed E-state index contributed by atoms with van der Waals surface area (Å²) >= 11 is 0. The number of aromatic hydroxyl groups is 1. The van der Waals surface area contributed by atoms with Crippen LogP contribution in [0.25, 0.3) is 0 Å². The Balaban J connectivity index is 1.46. The SMILES string of the molecule is Cc1cccc(C(=O)OCC(=O)Nc2ccc3c(c2)C(=O)c2ccccc2C3=O)c1O. The quantitative estimate of drug-likeness (QED) is 0.495. The molecule has 0 fully saturated rings. The van der Waals surface area contributed by atoms with E-state index in [4.69, 9.17) is 4.74 Å². The standard InChI is InChI=1S/C24H17NO6/c1-13-5-4-8-18(21(13)27)24(30)31-12-20(26)25-14-9-10-17-19(11-14)23(29)16-7-3-2-6-15(16)22(17)28/h2-11,27H,12H2,1H3,(H,25,26).